The molecule has 3 saturated heterocycles. The van der Waals surface area contributed by atoms with Crippen molar-refractivity contribution in [3.8, 4) is 0 Å². The molecule has 0 aliphatic carbocycles. The lowest BCUT2D eigenvalue weighted by atomic mass is 9.73. The van der Waals surface area contributed by atoms with Crippen LogP contribution < -0.4 is 5.32 Å². The molecule has 0 aromatic carbocycles. The SMILES string of the molecule is CC=C(C)CN1C[C@@H]2[C@H](CNC(=O)c3c(C)ncn3C)[C@H]3CC[C@]2(C1)O3.O=CO. The third kappa shape index (κ3) is 4.09. The maximum atomic E-state index is 12.6. The van der Waals surface area contributed by atoms with Gasteiger partial charge in [-0.25, -0.2) is 4.98 Å². The van der Waals surface area contributed by atoms with Crippen molar-refractivity contribution in [2.75, 3.05) is 26.2 Å². The van der Waals surface area contributed by atoms with E-state index in [1.165, 1.54) is 12.0 Å². The lowest BCUT2D eigenvalue weighted by Crippen LogP contribution is -2.42. The molecule has 0 saturated carbocycles. The summed E-state index contributed by atoms with van der Waals surface area (Å²) < 4.78 is 8.27. The first-order valence-corrected chi connectivity index (χ1v) is 10.2. The van der Waals surface area contributed by atoms with E-state index >= 15 is 0 Å². The molecule has 4 heterocycles. The molecule has 0 unspecified atom stereocenters. The van der Waals surface area contributed by atoms with Crippen LogP contribution >= 0.6 is 0 Å². The monoisotopic (exact) mass is 404 g/mol. The van der Waals surface area contributed by atoms with Crippen LogP contribution in [-0.2, 0) is 16.6 Å². The minimum atomic E-state index is -0.250. The number of carbonyl (C=O) groups is 2. The highest BCUT2D eigenvalue weighted by Gasteiger charge is 2.62. The van der Waals surface area contributed by atoms with Gasteiger partial charge >= 0.3 is 0 Å². The Morgan fingerprint density at radius 1 is 1.52 bits per heavy atom. The molecular weight excluding hydrogens is 372 g/mol. The minimum Gasteiger partial charge on any atom is -0.483 e. The first-order valence-electron chi connectivity index (χ1n) is 10.2. The molecule has 1 spiro atoms. The average molecular weight is 405 g/mol. The van der Waals surface area contributed by atoms with E-state index in [1.54, 1.807) is 10.9 Å². The summed E-state index contributed by atoms with van der Waals surface area (Å²) in [6, 6.07) is 0. The predicted octanol–water partition coefficient (Wildman–Crippen LogP) is 1.60. The molecule has 3 aliphatic heterocycles. The average Bonchev–Trinajstić information content (AvgIpc) is 3.40. The van der Waals surface area contributed by atoms with Gasteiger partial charge in [0.25, 0.3) is 12.4 Å². The second-order valence-electron chi connectivity index (χ2n) is 8.44. The fourth-order valence-electron chi connectivity index (χ4n) is 5.29. The Kier molecular flexibility index (Phi) is 6.43. The first-order chi connectivity index (χ1) is 13.8. The van der Waals surface area contributed by atoms with Gasteiger partial charge in [-0.2, -0.15) is 0 Å². The maximum absolute atomic E-state index is 12.6. The maximum Gasteiger partial charge on any atom is 0.290 e. The van der Waals surface area contributed by atoms with E-state index in [0.29, 0.717) is 30.2 Å². The number of allylic oxidation sites excluding steroid dienone is 1. The lowest BCUT2D eigenvalue weighted by Gasteiger charge is -2.29. The molecule has 3 aliphatic rings. The van der Waals surface area contributed by atoms with Crippen molar-refractivity contribution < 1.29 is 19.4 Å². The fourth-order valence-corrected chi connectivity index (χ4v) is 5.29. The number of imidazole rings is 1. The standard InChI is InChI=1S/C20H30N4O2.CH2O2/c1-5-13(2)9-24-10-16-15(17-6-7-20(16,11-24)26-17)8-21-19(25)18-14(3)22-12-23(18)4;2-1-3/h5,12,15-17H,6-11H2,1-4H3,(H,21,25);1H,(H,2,3)/t15-,16+,17+,20+;/m0./s1. The largest absolute Gasteiger partial charge is 0.483 e. The summed E-state index contributed by atoms with van der Waals surface area (Å²) in [7, 11) is 1.86. The van der Waals surface area contributed by atoms with Crippen molar-refractivity contribution in [2.45, 2.75) is 45.3 Å². The molecule has 3 fully saturated rings. The highest BCUT2D eigenvalue weighted by molar-refractivity contribution is 5.93. The van der Waals surface area contributed by atoms with Crippen LogP contribution in [0.25, 0.3) is 0 Å². The number of nitrogens with one attached hydrogen (secondary N) is 1. The van der Waals surface area contributed by atoms with Crippen LogP contribution in [0.3, 0.4) is 0 Å². The van der Waals surface area contributed by atoms with E-state index < -0.39 is 0 Å². The zero-order valence-corrected chi connectivity index (χ0v) is 17.7. The van der Waals surface area contributed by atoms with Crippen molar-refractivity contribution in [3.63, 3.8) is 0 Å². The van der Waals surface area contributed by atoms with Crippen molar-refractivity contribution in [1.29, 1.82) is 0 Å². The van der Waals surface area contributed by atoms with Crippen LogP contribution in [0.2, 0.25) is 0 Å². The van der Waals surface area contributed by atoms with Gasteiger partial charge in [0.2, 0.25) is 0 Å². The number of hydrogen-bond acceptors (Lipinski definition) is 5. The molecule has 2 N–H and O–H groups in total. The summed E-state index contributed by atoms with van der Waals surface area (Å²) in [5.74, 6) is 0.912. The molecule has 160 valence electrons. The number of rotatable bonds is 5. The number of likely N-dealkylation sites (tertiary alicyclic amines) is 1. The summed E-state index contributed by atoms with van der Waals surface area (Å²) in [5, 5.41) is 10.0. The third-order valence-corrected chi connectivity index (χ3v) is 6.65. The number of aryl methyl sites for hydroxylation is 2. The minimum absolute atomic E-state index is 0.0243. The number of amides is 1. The summed E-state index contributed by atoms with van der Waals surface area (Å²) >= 11 is 0. The normalized spacial score (nSPS) is 30.6. The highest BCUT2D eigenvalue weighted by Crippen LogP contribution is 2.54. The number of nitrogens with zero attached hydrogens (tertiary/aromatic N) is 3. The molecule has 1 amide bonds. The molecule has 0 radical (unpaired) electrons. The molecule has 8 nitrogen and oxygen atoms in total. The zero-order valence-electron chi connectivity index (χ0n) is 17.7. The number of aromatic nitrogens is 2. The second-order valence-corrected chi connectivity index (χ2v) is 8.44. The zero-order chi connectivity index (χ0) is 21.2. The van der Waals surface area contributed by atoms with Crippen LogP contribution in [0.4, 0.5) is 0 Å². The Labute approximate surface area is 171 Å². The molecule has 2 bridgehead atoms. The van der Waals surface area contributed by atoms with Crippen LogP contribution in [0.1, 0.15) is 42.9 Å². The van der Waals surface area contributed by atoms with Crippen molar-refractivity contribution in [3.05, 3.63) is 29.4 Å². The second kappa shape index (κ2) is 8.67. The van der Waals surface area contributed by atoms with Crippen LogP contribution in [0.15, 0.2) is 18.0 Å². The molecule has 1 aromatic heterocycles. The summed E-state index contributed by atoms with van der Waals surface area (Å²) in [5.41, 5.74) is 2.86. The van der Waals surface area contributed by atoms with Gasteiger partial charge in [-0.3, -0.25) is 14.5 Å². The van der Waals surface area contributed by atoms with Crippen molar-refractivity contribution >= 4 is 12.4 Å². The quantitative estimate of drug-likeness (QED) is 0.572. The van der Waals surface area contributed by atoms with Gasteiger partial charge in [0, 0.05) is 45.1 Å². The Morgan fingerprint density at radius 2 is 2.24 bits per heavy atom. The van der Waals surface area contributed by atoms with Gasteiger partial charge in [0.05, 0.1) is 23.7 Å². The Morgan fingerprint density at radius 3 is 2.86 bits per heavy atom. The van der Waals surface area contributed by atoms with E-state index in [4.69, 9.17) is 14.6 Å². The van der Waals surface area contributed by atoms with Crippen molar-refractivity contribution in [2.24, 2.45) is 18.9 Å². The highest BCUT2D eigenvalue weighted by atomic mass is 16.5. The van der Waals surface area contributed by atoms with Gasteiger partial charge in [-0.1, -0.05) is 11.6 Å². The van der Waals surface area contributed by atoms with E-state index in [-0.39, 0.29) is 18.0 Å². The first kappa shape index (κ1) is 21.5. The third-order valence-electron chi connectivity index (χ3n) is 6.65. The lowest BCUT2D eigenvalue weighted by molar-refractivity contribution is -0.122. The number of carboxylic acid groups (broad SMARTS) is 1. The van der Waals surface area contributed by atoms with Crippen LogP contribution in [0.5, 0.6) is 0 Å². The smallest absolute Gasteiger partial charge is 0.290 e. The summed E-state index contributed by atoms with van der Waals surface area (Å²) in [6.45, 7) is 9.75. The van der Waals surface area contributed by atoms with E-state index in [9.17, 15) is 4.79 Å². The number of carbonyl (C=O) groups excluding carboxylic acids is 1. The molecule has 8 heteroatoms. The van der Waals surface area contributed by atoms with Gasteiger partial charge < -0.3 is 19.7 Å². The van der Waals surface area contributed by atoms with E-state index in [1.807, 2.05) is 14.0 Å². The molecule has 29 heavy (non-hydrogen) atoms. The molecule has 4 atom stereocenters. The topological polar surface area (TPSA) is 96.7 Å². The Balaban J connectivity index is 0.000000755. The predicted molar refractivity (Wildman–Crippen MR) is 109 cm³/mol. The Bertz CT molecular complexity index is 770. The molecule has 4 rings (SSSR count). The fraction of sp³-hybridized carbons (Fsp3) is 0.667. The van der Waals surface area contributed by atoms with Gasteiger partial charge in [-0.05, 0) is 33.6 Å². The molecular formula is C21H32N4O4. The van der Waals surface area contributed by atoms with E-state index in [2.05, 4.69) is 35.1 Å². The van der Waals surface area contributed by atoms with Crippen molar-refractivity contribution in [1.82, 2.24) is 19.8 Å². The van der Waals surface area contributed by atoms with Gasteiger partial charge in [0.1, 0.15) is 5.69 Å². The number of ether oxygens (including phenoxy) is 1. The van der Waals surface area contributed by atoms with Crippen LogP contribution in [-0.4, -0.2) is 69.8 Å². The van der Waals surface area contributed by atoms with Crippen LogP contribution in [0, 0.1) is 18.8 Å². The Hall–Kier alpha value is -2.19. The number of hydrogen-bond donors (Lipinski definition) is 2. The van der Waals surface area contributed by atoms with Gasteiger partial charge in [0.15, 0.2) is 0 Å². The van der Waals surface area contributed by atoms with E-state index in [0.717, 1.165) is 31.7 Å². The molecule has 1 aromatic rings. The van der Waals surface area contributed by atoms with Gasteiger partial charge in [-0.15, -0.1) is 0 Å². The number of fused-ring (bicyclic) bond motifs is 1. The summed E-state index contributed by atoms with van der Waals surface area (Å²) in [6.07, 6.45) is 6.48. The summed E-state index contributed by atoms with van der Waals surface area (Å²) in [4.78, 5) is 27.7.